The van der Waals surface area contributed by atoms with Crippen LogP contribution in [-0.4, -0.2) is 79.8 Å². The van der Waals surface area contributed by atoms with Gasteiger partial charge in [-0.25, -0.2) is 18.0 Å². The summed E-state index contributed by atoms with van der Waals surface area (Å²) >= 11 is 0. The molecule has 42 heavy (non-hydrogen) atoms. The maximum atomic E-state index is 14.1. The van der Waals surface area contributed by atoms with Crippen molar-refractivity contribution in [3.8, 4) is 5.75 Å². The van der Waals surface area contributed by atoms with Crippen LogP contribution in [0, 0.1) is 0 Å². The van der Waals surface area contributed by atoms with Gasteiger partial charge >= 0.3 is 12.1 Å². The maximum Gasteiger partial charge on any atom is 0.414 e. The molecule has 0 radical (unpaired) electrons. The summed E-state index contributed by atoms with van der Waals surface area (Å²) in [5, 5.41) is 2.59. The van der Waals surface area contributed by atoms with Crippen LogP contribution >= 0.6 is 0 Å². The molecule has 0 unspecified atom stereocenters. The summed E-state index contributed by atoms with van der Waals surface area (Å²) in [5.74, 6) is -1.33. The first-order valence-corrected chi connectivity index (χ1v) is 14.9. The minimum atomic E-state index is -4.10. The summed E-state index contributed by atoms with van der Waals surface area (Å²) in [5.41, 5.74) is -0.0873. The van der Waals surface area contributed by atoms with E-state index < -0.39 is 45.7 Å². The molecule has 1 N–H and O–H groups in total. The van der Waals surface area contributed by atoms with Crippen molar-refractivity contribution in [2.45, 2.75) is 70.0 Å². The normalized spacial score (nSPS) is 16.3. The SMILES string of the molecule is CC(=O)Nc1ccc(S(=O)(=O)N2CCC[C@H]2C(=O)N(c2ccc(OC(=O)N(C)C)cc2)[C@@H](C)C(=O)OC(C)(C)C)cc1. The number of amides is 3. The average Bonchev–Trinajstić information content (AvgIpc) is 3.40. The molecule has 1 heterocycles. The van der Waals surface area contributed by atoms with Gasteiger partial charge in [-0.2, -0.15) is 4.31 Å². The van der Waals surface area contributed by atoms with Crippen LogP contribution in [0.3, 0.4) is 0 Å². The van der Waals surface area contributed by atoms with E-state index in [1.54, 1.807) is 34.9 Å². The van der Waals surface area contributed by atoms with Gasteiger partial charge in [-0.05, 0) is 89.1 Å². The van der Waals surface area contributed by atoms with Crippen molar-refractivity contribution < 1.29 is 37.1 Å². The molecule has 2 atom stereocenters. The van der Waals surface area contributed by atoms with Crippen LogP contribution in [0.1, 0.15) is 47.5 Å². The van der Waals surface area contributed by atoms with Crippen molar-refractivity contribution in [2.24, 2.45) is 0 Å². The van der Waals surface area contributed by atoms with Crippen LogP contribution in [0.25, 0.3) is 0 Å². The Morgan fingerprint density at radius 3 is 2.12 bits per heavy atom. The van der Waals surface area contributed by atoms with Crippen molar-refractivity contribution in [1.29, 1.82) is 0 Å². The van der Waals surface area contributed by atoms with E-state index in [9.17, 15) is 27.6 Å². The molecular formula is C29H38N4O8S. The lowest BCUT2D eigenvalue weighted by molar-refractivity contribution is -0.157. The van der Waals surface area contributed by atoms with E-state index >= 15 is 0 Å². The Balaban J connectivity index is 1.96. The van der Waals surface area contributed by atoms with Gasteiger partial charge in [0, 0.05) is 38.9 Å². The number of benzene rings is 2. The standard InChI is InChI=1S/C29H38N4O8S/c1-19(27(36)41-29(3,4)5)33(22-12-14-23(15-13-22)40-28(37)31(6)7)26(35)25-9-8-18-32(25)42(38,39)24-16-10-21(11-17-24)30-20(2)34/h10-17,19,25H,8-9,18H2,1-7H3,(H,30,34)/t19-,25-/m0/s1. The zero-order valence-corrected chi connectivity index (χ0v) is 25.7. The summed E-state index contributed by atoms with van der Waals surface area (Å²) in [4.78, 5) is 53.0. The topological polar surface area (TPSA) is 143 Å². The first-order valence-electron chi connectivity index (χ1n) is 13.5. The Kier molecular flexibility index (Phi) is 10.0. The molecule has 0 saturated carbocycles. The number of hydrogen-bond donors (Lipinski definition) is 1. The number of sulfonamides is 1. The second kappa shape index (κ2) is 12.9. The highest BCUT2D eigenvalue weighted by Crippen LogP contribution is 2.31. The summed E-state index contributed by atoms with van der Waals surface area (Å²) in [7, 11) is -1.02. The highest BCUT2D eigenvalue weighted by molar-refractivity contribution is 7.89. The van der Waals surface area contributed by atoms with Crippen LogP contribution in [-0.2, 0) is 29.1 Å². The molecular weight excluding hydrogens is 564 g/mol. The molecule has 0 bridgehead atoms. The smallest absolute Gasteiger partial charge is 0.414 e. The molecule has 1 aliphatic rings. The van der Waals surface area contributed by atoms with Gasteiger partial charge in [0.1, 0.15) is 23.4 Å². The molecule has 1 fully saturated rings. The predicted molar refractivity (Wildman–Crippen MR) is 157 cm³/mol. The average molecular weight is 603 g/mol. The number of anilines is 2. The Labute approximate surface area is 246 Å². The van der Waals surface area contributed by atoms with Gasteiger partial charge in [-0.15, -0.1) is 0 Å². The molecule has 228 valence electrons. The largest absolute Gasteiger partial charge is 0.458 e. The lowest BCUT2D eigenvalue weighted by atomic mass is 10.1. The summed E-state index contributed by atoms with van der Waals surface area (Å²) in [6.07, 6.45) is 0.0981. The number of carbonyl (C=O) groups excluding carboxylic acids is 4. The van der Waals surface area contributed by atoms with Crippen molar-refractivity contribution in [2.75, 3.05) is 30.9 Å². The van der Waals surface area contributed by atoms with Gasteiger partial charge in [-0.3, -0.25) is 14.5 Å². The highest BCUT2D eigenvalue weighted by atomic mass is 32.2. The number of rotatable bonds is 8. The number of esters is 1. The fourth-order valence-electron chi connectivity index (χ4n) is 4.39. The first kappa shape index (κ1) is 32.5. The number of nitrogens with zero attached hydrogens (tertiary/aromatic N) is 3. The Morgan fingerprint density at radius 1 is 1.00 bits per heavy atom. The Bertz CT molecular complexity index is 1420. The quantitative estimate of drug-likeness (QED) is 0.452. The molecule has 1 saturated heterocycles. The van der Waals surface area contributed by atoms with Crippen LogP contribution in [0.5, 0.6) is 5.75 Å². The van der Waals surface area contributed by atoms with E-state index in [2.05, 4.69) is 5.32 Å². The minimum absolute atomic E-state index is 0.0323. The molecule has 0 spiro atoms. The van der Waals surface area contributed by atoms with Crippen LogP contribution in [0.15, 0.2) is 53.4 Å². The van der Waals surface area contributed by atoms with Crippen LogP contribution in [0.2, 0.25) is 0 Å². The monoisotopic (exact) mass is 602 g/mol. The van der Waals surface area contributed by atoms with Crippen LogP contribution < -0.4 is 15.0 Å². The van der Waals surface area contributed by atoms with E-state index in [-0.39, 0.29) is 29.5 Å². The molecule has 0 aromatic heterocycles. The van der Waals surface area contributed by atoms with Gasteiger partial charge in [0.05, 0.1) is 4.90 Å². The summed E-state index contributed by atoms with van der Waals surface area (Å²) in [6.45, 7) is 8.10. The van der Waals surface area contributed by atoms with Gasteiger partial charge in [0.2, 0.25) is 21.8 Å². The molecule has 2 aromatic rings. The molecule has 3 rings (SSSR count). The number of hydrogen-bond acceptors (Lipinski definition) is 8. The van der Waals surface area contributed by atoms with Gasteiger partial charge in [0.25, 0.3) is 0 Å². The fourth-order valence-corrected chi connectivity index (χ4v) is 6.04. The predicted octanol–water partition coefficient (Wildman–Crippen LogP) is 3.62. The fraction of sp³-hybridized carbons (Fsp3) is 0.448. The Morgan fingerprint density at radius 2 is 1.60 bits per heavy atom. The van der Waals surface area contributed by atoms with Crippen LogP contribution in [0.4, 0.5) is 16.2 Å². The molecule has 1 aliphatic heterocycles. The summed E-state index contributed by atoms with van der Waals surface area (Å²) < 4.78 is 39.3. The second-order valence-corrected chi connectivity index (χ2v) is 13.0. The van der Waals surface area contributed by atoms with E-state index in [0.29, 0.717) is 17.8 Å². The van der Waals surface area contributed by atoms with E-state index in [4.69, 9.17) is 9.47 Å². The summed E-state index contributed by atoms with van der Waals surface area (Å²) in [6, 6.07) is 9.51. The second-order valence-electron chi connectivity index (χ2n) is 11.2. The third-order valence-corrected chi connectivity index (χ3v) is 8.25. The Hall–Kier alpha value is -3.97. The first-order chi connectivity index (χ1) is 19.5. The molecule has 12 nitrogen and oxygen atoms in total. The molecule has 0 aliphatic carbocycles. The highest BCUT2D eigenvalue weighted by Gasteiger charge is 2.44. The van der Waals surface area contributed by atoms with E-state index in [0.717, 1.165) is 4.31 Å². The van der Waals surface area contributed by atoms with Crippen molar-refractivity contribution in [1.82, 2.24) is 9.21 Å². The lowest BCUT2D eigenvalue weighted by Crippen LogP contribution is -2.53. The van der Waals surface area contributed by atoms with E-state index in [1.807, 2.05) is 0 Å². The van der Waals surface area contributed by atoms with Crippen molar-refractivity contribution in [3.63, 3.8) is 0 Å². The van der Waals surface area contributed by atoms with Crippen molar-refractivity contribution >= 4 is 45.3 Å². The number of carbonyl (C=O) groups is 4. The van der Waals surface area contributed by atoms with Crippen molar-refractivity contribution in [3.05, 3.63) is 48.5 Å². The third-order valence-electron chi connectivity index (χ3n) is 6.33. The number of nitrogens with one attached hydrogen (secondary N) is 1. The minimum Gasteiger partial charge on any atom is -0.458 e. The van der Waals surface area contributed by atoms with Gasteiger partial charge in [-0.1, -0.05) is 0 Å². The number of ether oxygens (including phenoxy) is 2. The van der Waals surface area contributed by atoms with Gasteiger partial charge < -0.3 is 19.7 Å². The maximum absolute atomic E-state index is 14.1. The van der Waals surface area contributed by atoms with Gasteiger partial charge in [0.15, 0.2) is 0 Å². The molecule has 2 aromatic carbocycles. The lowest BCUT2D eigenvalue weighted by Gasteiger charge is -2.34. The molecule has 13 heteroatoms. The third kappa shape index (κ3) is 7.85. The van der Waals surface area contributed by atoms with E-state index in [1.165, 1.54) is 72.2 Å². The zero-order chi connectivity index (χ0) is 31.4. The zero-order valence-electron chi connectivity index (χ0n) is 24.9. The molecule has 3 amide bonds.